The molecule has 3 aliphatic heterocycles. The third-order valence-corrected chi connectivity index (χ3v) is 15.4. The van der Waals surface area contributed by atoms with E-state index in [0.717, 1.165) is 10.6 Å². The fraction of sp³-hybridized carbons (Fsp3) is 0.647. The van der Waals surface area contributed by atoms with Crippen molar-refractivity contribution in [2.75, 3.05) is 27.2 Å². The molecule has 6 rings (SSSR count). The highest BCUT2D eigenvalue weighted by Crippen LogP contribution is 2.45. The summed E-state index contributed by atoms with van der Waals surface area (Å²) in [6.45, 7) is 21.3. The number of ketones is 1. The summed E-state index contributed by atoms with van der Waals surface area (Å²) in [6.07, 6.45) is 2.72. The molecule has 6 heterocycles. The Kier molecular flexibility index (Phi) is 17.7. The molecule has 380 valence electrons. The molecule has 0 bridgehead atoms. The average molecular weight is 979 g/mol. The summed E-state index contributed by atoms with van der Waals surface area (Å²) in [5.41, 5.74) is 1.76. The number of cyclic esters (lactones) is 1. The fourth-order valence-electron chi connectivity index (χ4n) is 10.8. The smallest absolute Gasteiger partial charge is 0.425 e. The van der Waals surface area contributed by atoms with E-state index in [0.29, 0.717) is 38.2 Å². The van der Waals surface area contributed by atoms with Crippen molar-refractivity contribution in [1.82, 2.24) is 29.9 Å². The van der Waals surface area contributed by atoms with Gasteiger partial charge in [0.25, 0.3) is 0 Å². The number of hydrogen-bond acceptors (Lipinski definition) is 16. The van der Waals surface area contributed by atoms with E-state index in [1.807, 2.05) is 67.9 Å². The Morgan fingerprint density at radius 1 is 1.09 bits per heavy atom. The number of methoxy groups -OCH3 is 1. The van der Waals surface area contributed by atoms with Crippen molar-refractivity contribution >= 4 is 35.2 Å². The first-order valence-electron chi connectivity index (χ1n) is 24.2. The molecule has 18 heteroatoms. The number of carbonyl (C=O) groups is 4. The number of fused-ring (bicyclic) bond motifs is 1. The summed E-state index contributed by atoms with van der Waals surface area (Å²) >= 11 is 1.61. The SMILES string of the molecule is C=CCN(C)[C@H]1C[C@@H](C)O[C@@](C)(O[C@@H]2[C@@H](C)C(OC(=O)Cc3ccccn3)[C@@H](C)C(=O)O[C@H](CC)[C@@]3(C)OC(=O)N(NCCCn4cnc(-c5cccs5)c4)[C@@H]3[C@@H](C)C(=O)[C@H](C)C[C@@]2(C)OC)[C@@H]1O. The van der Waals surface area contributed by atoms with E-state index in [2.05, 4.69) is 22.0 Å². The van der Waals surface area contributed by atoms with Gasteiger partial charge in [-0.15, -0.1) is 17.9 Å². The number of ether oxygens (including phenoxy) is 6. The van der Waals surface area contributed by atoms with Crippen LogP contribution in [-0.2, 0) is 55.8 Å². The van der Waals surface area contributed by atoms with E-state index in [1.54, 1.807) is 82.8 Å². The number of aliphatic hydroxyl groups excluding tert-OH is 1. The first-order valence-corrected chi connectivity index (χ1v) is 25.1. The number of Topliss-reactive ketones (excluding diaryl/α,β-unsaturated/α-hetero) is 1. The lowest BCUT2D eigenvalue weighted by atomic mass is 9.73. The van der Waals surface area contributed by atoms with E-state index < -0.39 is 95.2 Å². The largest absolute Gasteiger partial charge is 0.461 e. The second kappa shape index (κ2) is 22.7. The topological polar surface area (TPSA) is 193 Å². The maximum absolute atomic E-state index is 15.1. The molecule has 3 aromatic heterocycles. The third kappa shape index (κ3) is 11.8. The highest BCUT2D eigenvalue weighted by atomic mass is 32.1. The zero-order valence-electron chi connectivity index (χ0n) is 42.2. The molecule has 1 unspecified atom stereocenters. The number of aromatic nitrogens is 3. The number of imidazole rings is 1. The highest BCUT2D eigenvalue weighted by Gasteiger charge is 2.61. The van der Waals surface area contributed by atoms with Gasteiger partial charge in [-0.05, 0) is 90.9 Å². The number of carbonyl (C=O) groups excluding carboxylic acids is 4. The van der Waals surface area contributed by atoms with Crippen LogP contribution in [0.3, 0.4) is 0 Å². The Labute approximate surface area is 411 Å². The zero-order chi connectivity index (χ0) is 50.4. The van der Waals surface area contributed by atoms with Gasteiger partial charge in [-0.1, -0.05) is 45.9 Å². The van der Waals surface area contributed by atoms with Crippen LogP contribution in [0.2, 0.25) is 0 Å². The number of rotatable bonds is 16. The lowest BCUT2D eigenvalue weighted by Crippen LogP contribution is -2.65. The Hall–Kier alpha value is -4.56. The second-order valence-corrected chi connectivity index (χ2v) is 20.8. The van der Waals surface area contributed by atoms with Gasteiger partial charge in [0.1, 0.15) is 30.1 Å². The summed E-state index contributed by atoms with van der Waals surface area (Å²) in [7, 11) is 3.41. The number of likely N-dealkylation sites (N-methyl/N-ethyl adjacent to an activating group) is 1. The van der Waals surface area contributed by atoms with Crippen LogP contribution in [-0.4, -0.2) is 140 Å². The number of esters is 2. The van der Waals surface area contributed by atoms with Crippen LogP contribution in [0.1, 0.15) is 93.7 Å². The predicted molar refractivity (Wildman–Crippen MR) is 259 cm³/mol. The van der Waals surface area contributed by atoms with Gasteiger partial charge in [0.15, 0.2) is 11.4 Å². The van der Waals surface area contributed by atoms with Gasteiger partial charge < -0.3 is 38.1 Å². The number of amides is 1. The second-order valence-electron chi connectivity index (χ2n) is 19.8. The lowest BCUT2D eigenvalue weighted by Gasteiger charge is -2.52. The maximum atomic E-state index is 15.1. The van der Waals surface area contributed by atoms with Crippen LogP contribution in [0.25, 0.3) is 10.6 Å². The maximum Gasteiger partial charge on any atom is 0.425 e. The molecular weight excluding hydrogens is 905 g/mol. The number of nitrogens with one attached hydrogen (secondary N) is 1. The highest BCUT2D eigenvalue weighted by molar-refractivity contribution is 7.13. The zero-order valence-corrected chi connectivity index (χ0v) is 43.0. The van der Waals surface area contributed by atoms with E-state index in [1.165, 1.54) is 12.1 Å². The van der Waals surface area contributed by atoms with Crippen molar-refractivity contribution in [3.63, 3.8) is 0 Å². The average Bonchev–Trinajstić information content (AvgIpc) is 4.08. The van der Waals surface area contributed by atoms with Gasteiger partial charge in [0.2, 0.25) is 0 Å². The first-order chi connectivity index (χ1) is 32.7. The quantitative estimate of drug-likeness (QED) is 0.0672. The van der Waals surface area contributed by atoms with E-state index in [-0.39, 0.29) is 31.1 Å². The summed E-state index contributed by atoms with van der Waals surface area (Å²) in [6, 6.07) is 7.88. The van der Waals surface area contributed by atoms with E-state index in [4.69, 9.17) is 28.4 Å². The van der Waals surface area contributed by atoms with Crippen LogP contribution in [0, 0.1) is 23.7 Å². The van der Waals surface area contributed by atoms with Crippen LogP contribution < -0.4 is 5.43 Å². The molecule has 3 aliphatic rings. The molecule has 0 saturated carbocycles. The van der Waals surface area contributed by atoms with Gasteiger partial charge in [0.05, 0.1) is 52.7 Å². The van der Waals surface area contributed by atoms with Crippen molar-refractivity contribution < 1.29 is 52.7 Å². The number of hydrazine groups is 1. The Bertz CT molecular complexity index is 2210. The van der Waals surface area contributed by atoms with Crippen LogP contribution in [0.4, 0.5) is 4.79 Å². The molecule has 69 heavy (non-hydrogen) atoms. The Balaban J connectivity index is 1.37. The molecule has 17 nitrogen and oxygen atoms in total. The molecule has 14 atom stereocenters. The Morgan fingerprint density at radius 3 is 2.49 bits per heavy atom. The van der Waals surface area contributed by atoms with Gasteiger partial charge in [0, 0.05) is 62.9 Å². The minimum Gasteiger partial charge on any atom is -0.461 e. The number of pyridine rings is 1. The number of hydrogen-bond donors (Lipinski definition) is 2. The summed E-state index contributed by atoms with van der Waals surface area (Å²) in [4.78, 5) is 69.9. The molecule has 0 radical (unpaired) electrons. The van der Waals surface area contributed by atoms with Gasteiger partial charge in [-0.2, -0.15) is 0 Å². The molecule has 1 amide bonds. The van der Waals surface area contributed by atoms with Crippen molar-refractivity contribution in [1.29, 1.82) is 0 Å². The summed E-state index contributed by atoms with van der Waals surface area (Å²) in [5, 5.41) is 15.6. The standard InChI is InChI=1S/C51H74N6O11S/c1-13-23-55(11)38-26-32(4)66-51(10,45(38)60)67-46-34(6)43(65-41(58)27-36-19-15-16-21-52-36)35(7)47(61)64-40(14-2)50(9)44(33(5)42(59)31(3)28-49(46,8)63-12)57(48(62)68-50)54-22-18-24-56-29-37(53-30-56)39-20-17-25-69-39/h13,15-17,19-21,25,29-35,38,40,43-46,54,60H,1,14,18,22-24,26-28H2,2-12H3/t31-,32-,33+,34+,35-,38+,40-,43?,44-,45-,46-,49-,50-,51+/m1/s1. The first kappa shape index (κ1) is 53.8. The van der Waals surface area contributed by atoms with Crippen LogP contribution in [0.15, 0.2) is 67.1 Å². The van der Waals surface area contributed by atoms with Crippen molar-refractivity contribution in [3.05, 3.63) is 72.8 Å². The normalized spacial score (nSPS) is 34.7. The molecule has 0 aromatic carbocycles. The predicted octanol–water partition coefficient (Wildman–Crippen LogP) is 6.64. The van der Waals surface area contributed by atoms with Crippen molar-refractivity contribution in [3.8, 4) is 10.6 Å². The van der Waals surface area contributed by atoms with E-state index >= 15 is 4.79 Å². The van der Waals surface area contributed by atoms with Gasteiger partial charge in [-0.3, -0.25) is 24.3 Å². The third-order valence-electron chi connectivity index (χ3n) is 14.5. The molecule has 3 saturated heterocycles. The molecule has 0 aliphatic carbocycles. The fourth-order valence-corrected chi connectivity index (χ4v) is 11.5. The van der Waals surface area contributed by atoms with Gasteiger partial charge >= 0.3 is 18.0 Å². The van der Waals surface area contributed by atoms with E-state index in [9.17, 15) is 19.5 Å². The van der Waals surface area contributed by atoms with Crippen LogP contribution >= 0.6 is 11.3 Å². The molecule has 3 aromatic rings. The van der Waals surface area contributed by atoms with Crippen molar-refractivity contribution in [2.45, 2.75) is 161 Å². The monoisotopic (exact) mass is 979 g/mol. The minimum atomic E-state index is -1.65. The number of aryl methyl sites for hydroxylation is 1. The lowest BCUT2D eigenvalue weighted by molar-refractivity contribution is -0.358. The Morgan fingerprint density at radius 2 is 1.84 bits per heavy atom. The van der Waals surface area contributed by atoms with Crippen molar-refractivity contribution in [2.24, 2.45) is 23.7 Å². The summed E-state index contributed by atoms with van der Waals surface area (Å²) < 4.78 is 41.1. The van der Waals surface area contributed by atoms with Gasteiger partial charge in [-0.25, -0.2) is 20.2 Å². The number of aliphatic hydroxyl groups is 1. The number of nitrogens with zero attached hydrogens (tertiary/aromatic N) is 5. The molecular formula is C51H74N6O11S. The molecule has 2 N–H and O–H groups in total. The number of thiophene rings is 1. The summed E-state index contributed by atoms with van der Waals surface area (Å²) in [5.74, 6) is -6.77. The minimum absolute atomic E-state index is 0.0812. The molecule has 0 spiro atoms. The molecule has 3 fully saturated rings. The van der Waals surface area contributed by atoms with Crippen LogP contribution in [0.5, 0.6) is 0 Å².